The number of carbonyl (C=O) groups excluding carboxylic acids is 2. The Hall–Kier alpha value is -3.93. The van der Waals surface area contributed by atoms with Gasteiger partial charge in [0, 0.05) is 23.6 Å². The monoisotopic (exact) mass is 456 g/mol. The molecule has 0 spiro atoms. The van der Waals surface area contributed by atoms with Gasteiger partial charge in [-0.1, -0.05) is 26.0 Å². The Bertz CT molecular complexity index is 1260. The molecule has 0 bridgehead atoms. The molecule has 0 aliphatic carbocycles. The highest BCUT2D eigenvalue weighted by Crippen LogP contribution is 2.42. The van der Waals surface area contributed by atoms with Gasteiger partial charge in [0.25, 0.3) is 11.7 Å². The standard InChI is InChI=1S/C28H28N2O4/c1-5-34-23-10-9-20(16-22(23)17(2)3)26(31)24-25(19-11-13-29-14-12-19)30(28(33)27(24)32)21-8-6-7-18(4)15-21/h6-17,25,31H,5H2,1-4H3/b26-24-. The average molecular weight is 457 g/mol. The Morgan fingerprint density at radius 3 is 2.47 bits per heavy atom. The molecular weight excluding hydrogens is 428 g/mol. The number of Topliss-reactive ketones (excluding diaryl/α,β-unsaturated/α-hetero) is 1. The molecule has 6 nitrogen and oxygen atoms in total. The first-order valence-corrected chi connectivity index (χ1v) is 11.4. The largest absolute Gasteiger partial charge is 0.507 e. The van der Waals surface area contributed by atoms with Crippen LogP contribution in [0.3, 0.4) is 0 Å². The summed E-state index contributed by atoms with van der Waals surface area (Å²) in [5.41, 5.74) is 3.68. The van der Waals surface area contributed by atoms with Crippen molar-refractivity contribution >= 4 is 23.1 Å². The quantitative estimate of drug-likeness (QED) is 0.299. The molecule has 1 atom stereocenters. The van der Waals surface area contributed by atoms with Crippen LogP contribution in [0.15, 0.2) is 72.6 Å². The SMILES string of the molecule is CCOc1ccc(/C(O)=C2/C(=O)C(=O)N(c3cccc(C)c3)C2c2ccncc2)cc1C(C)C. The zero-order valence-electron chi connectivity index (χ0n) is 19.8. The molecular formula is C28H28N2O4. The van der Waals surface area contributed by atoms with Crippen LogP contribution in [-0.4, -0.2) is 28.4 Å². The van der Waals surface area contributed by atoms with E-state index < -0.39 is 17.7 Å². The molecule has 4 rings (SSSR count). The molecule has 174 valence electrons. The Morgan fingerprint density at radius 2 is 1.82 bits per heavy atom. The predicted molar refractivity (Wildman–Crippen MR) is 132 cm³/mol. The molecule has 1 amide bonds. The third-order valence-electron chi connectivity index (χ3n) is 5.95. The van der Waals surface area contributed by atoms with Crippen molar-refractivity contribution in [2.45, 2.75) is 39.7 Å². The van der Waals surface area contributed by atoms with Crippen molar-refractivity contribution in [1.29, 1.82) is 0 Å². The summed E-state index contributed by atoms with van der Waals surface area (Å²) < 4.78 is 5.74. The number of ether oxygens (including phenoxy) is 1. The molecule has 1 fully saturated rings. The number of nitrogens with zero attached hydrogens (tertiary/aromatic N) is 2. The Labute approximate surface area is 199 Å². The van der Waals surface area contributed by atoms with Crippen molar-refractivity contribution in [2.24, 2.45) is 0 Å². The van der Waals surface area contributed by atoms with Gasteiger partial charge in [-0.15, -0.1) is 0 Å². The number of aliphatic hydroxyl groups is 1. The molecule has 2 aromatic carbocycles. The molecule has 34 heavy (non-hydrogen) atoms. The van der Waals surface area contributed by atoms with Crippen LogP contribution in [0.1, 0.15) is 55.0 Å². The third kappa shape index (κ3) is 4.19. The summed E-state index contributed by atoms with van der Waals surface area (Å²) in [6, 6.07) is 15.5. The fourth-order valence-corrected chi connectivity index (χ4v) is 4.33. The molecule has 1 N–H and O–H groups in total. The van der Waals surface area contributed by atoms with Gasteiger partial charge in [-0.2, -0.15) is 0 Å². The van der Waals surface area contributed by atoms with Gasteiger partial charge in [0.2, 0.25) is 0 Å². The summed E-state index contributed by atoms with van der Waals surface area (Å²) in [7, 11) is 0. The number of aryl methyl sites for hydroxylation is 1. The number of hydrogen-bond donors (Lipinski definition) is 1. The zero-order chi connectivity index (χ0) is 24.4. The summed E-state index contributed by atoms with van der Waals surface area (Å²) in [4.78, 5) is 32.1. The first-order chi connectivity index (χ1) is 16.3. The van der Waals surface area contributed by atoms with Crippen molar-refractivity contribution in [3.63, 3.8) is 0 Å². The van der Waals surface area contributed by atoms with Crippen LogP contribution in [0.4, 0.5) is 5.69 Å². The van der Waals surface area contributed by atoms with Gasteiger partial charge in [0.15, 0.2) is 0 Å². The molecule has 1 unspecified atom stereocenters. The first kappa shape index (κ1) is 23.2. The minimum Gasteiger partial charge on any atom is -0.507 e. The highest BCUT2D eigenvalue weighted by molar-refractivity contribution is 6.51. The lowest BCUT2D eigenvalue weighted by Gasteiger charge is -2.25. The Morgan fingerprint density at radius 1 is 1.09 bits per heavy atom. The van der Waals surface area contributed by atoms with E-state index in [0.29, 0.717) is 23.4 Å². The van der Waals surface area contributed by atoms with E-state index in [0.717, 1.165) is 16.9 Å². The highest BCUT2D eigenvalue weighted by atomic mass is 16.5. The van der Waals surface area contributed by atoms with E-state index in [9.17, 15) is 14.7 Å². The van der Waals surface area contributed by atoms with Crippen LogP contribution in [-0.2, 0) is 9.59 Å². The van der Waals surface area contributed by atoms with Gasteiger partial charge >= 0.3 is 0 Å². The summed E-state index contributed by atoms with van der Waals surface area (Å²) in [5.74, 6) is -0.731. The molecule has 3 aromatic rings. The van der Waals surface area contributed by atoms with Gasteiger partial charge < -0.3 is 9.84 Å². The lowest BCUT2D eigenvalue weighted by Crippen LogP contribution is -2.29. The molecule has 6 heteroatoms. The van der Waals surface area contributed by atoms with Crippen molar-refractivity contribution in [2.75, 3.05) is 11.5 Å². The zero-order valence-corrected chi connectivity index (χ0v) is 19.8. The average Bonchev–Trinajstić information content (AvgIpc) is 3.10. The molecule has 0 radical (unpaired) electrons. The maximum absolute atomic E-state index is 13.3. The number of hydrogen-bond acceptors (Lipinski definition) is 5. The number of aromatic nitrogens is 1. The van der Waals surface area contributed by atoms with Crippen LogP contribution >= 0.6 is 0 Å². The van der Waals surface area contributed by atoms with Crippen LogP contribution < -0.4 is 9.64 Å². The van der Waals surface area contributed by atoms with Gasteiger partial charge in [0.1, 0.15) is 11.5 Å². The number of amides is 1. The second-order valence-corrected chi connectivity index (χ2v) is 8.63. The molecule has 1 aromatic heterocycles. The Kier molecular flexibility index (Phi) is 6.50. The number of ketones is 1. The van der Waals surface area contributed by atoms with E-state index in [1.807, 2.05) is 52.0 Å². The maximum atomic E-state index is 13.3. The van der Waals surface area contributed by atoms with Gasteiger partial charge in [0.05, 0.1) is 18.2 Å². The lowest BCUT2D eigenvalue weighted by molar-refractivity contribution is -0.132. The number of rotatable bonds is 6. The molecule has 1 aliphatic heterocycles. The summed E-state index contributed by atoms with van der Waals surface area (Å²) in [6.45, 7) is 8.44. The second kappa shape index (κ2) is 9.51. The van der Waals surface area contributed by atoms with Crippen molar-refractivity contribution < 1.29 is 19.4 Å². The minimum atomic E-state index is -0.779. The lowest BCUT2D eigenvalue weighted by atomic mass is 9.93. The summed E-state index contributed by atoms with van der Waals surface area (Å²) in [5, 5.41) is 11.4. The molecule has 1 saturated heterocycles. The number of anilines is 1. The van der Waals surface area contributed by atoms with E-state index in [2.05, 4.69) is 4.98 Å². The van der Waals surface area contributed by atoms with Crippen molar-refractivity contribution in [3.05, 3.63) is 94.8 Å². The van der Waals surface area contributed by atoms with Crippen LogP contribution in [0, 0.1) is 6.92 Å². The molecule has 1 aliphatic rings. The smallest absolute Gasteiger partial charge is 0.300 e. The van der Waals surface area contributed by atoms with Crippen molar-refractivity contribution in [1.82, 2.24) is 4.98 Å². The van der Waals surface area contributed by atoms with Crippen LogP contribution in [0.25, 0.3) is 5.76 Å². The van der Waals surface area contributed by atoms with Crippen LogP contribution in [0.2, 0.25) is 0 Å². The molecule has 2 heterocycles. The van der Waals surface area contributed by atoms with Gasteiger partial charge in [-0.05, 0) is 78.9 Å². The van der Waals surface area contributed by atoms with Gasteiger partial charge in [-0.3, -0.25) is 19.5 Å². The number of carbonyl (C=O) groups is 2. The normalized spacial score (nSPS) is 17.4. The van der Waals surface area contributed by atoms with E-state index in [1.165, 1.54) is 4.90 Å². The Balaban J connectivity index is 1.92. The van der Waals surface area contributed by atoms with E-state index >= 15 is 0 Å². The summed E-state index contributed by atoms with van der Waals surface area (Å²) in [6.07, 6.45) is 3.22. The van der Waals surface area contributed by atoms with Gasteiger partial charge in [-0.25, -0.2) is 0 Å². The van der Waals surface area contributed by atoms with E-state index in [4.69, 9.17) is 4.74 Å². The number of benzene rings is 2. The number of aliphatic hydroxyl groups excluding tert-OH is 1. The number of pyridine rings is 1. The van der Waals surface area contributed by atoms with E-state index in [-0.39, 0.29) is 17.3 Å². The first-order valence-electron chi connectivity index (χ1n) is 11.4. The van der Waals surface area contributed by atoms with Crippen LogP contribution in [0.5, 0.6) is 5.75 Å². The van der Waals surface area contributed by atoms with Crippen molar-refractivity contribution in [3.8, 4) is 5.75 Å². The molecule has 0 saturated carbocycles. The maximum Gasteiger partial charge on any atom is 0.300 e. The van der Waals surface area contributed by atoms with E-state index in [1.54, 1.807) is 42.7 Å². The topological polar surface area (TPSA) is 79.7 Å². The minimum absolute atomic E-state index is 0.0524. The summed E-state index contributed by atoms with van der Waals surface area (Å²) >= 11 is 0. The third-order valence-corrected chi connectivity index (χ3v) is 5.95. The predicted octanol–water partition coefficient (Wildman–Crippen LogP) is 5.54. The fraction of sp³-hybridized carbons (Fsp3) is 0.250. The fourth-order valence-electron chi connectivity index (χ4n) is 4.33. The highest BCUT2D eigenvalue weighted by Gasteiger charge is 2.47. The second-order valence-electron chi connectivity index (χ2n) is 8.63.